The van der Waals surface area contributed by atoms with E-state index in [0.29, 0.717) is 0 Å². The lowest BCUT2D eigenvalue weighted by Gasteiger charge is -2.17. The van der Waals surface area contributed by atoms with Gasteiger partial charge >= 0.3 is 0 Å². The number of hydrogen-bond acceptors (Lipinski definition) is 0. The topological polar surface area (TPSA) is 0 Å². The molecule has 2 heteroatoms. The van der Waals surface area contributed by atoms with Crippen LogP contribution in [0.4, 0.5) is 0 Å². The van der Waals surface area contributed by atoms with Gasteiger partial charge in [0.2, 0.25) is 0 Å². The molecule has 32 heavy (non-hydrogen) atoms. The lowest BCUT2D eigenvalue weighted by atomic mass is 10.2. The first-order valence-corrected chi connectivity index (χ1v) is 13.8. The quantitative estimate of drug-likeness (QED) is 0.250. The van der Waals surface area contributed by atoms with Crippen LogP contribution in [0.2, 0.25) is 0 Å². The Balaban J connectivity index is 1.50. The van der Waals surface area contributed by atoms with Crippen molar-refractivity contribution in [2.45, 2.75) is 0 Å². The summed E-state index contributed by atoms with van der Waals surface area (Å²) in [5.74, 6) is 4.87. The third-order valence-corrected chi connectivity index (χ3v) is 11.3. The number of benzene rings is 3. The summed E-state index contributed by atoms with van der Waals surface area (Å²) in [6, 6.07) is 40.8. The minimum atomic E-state index is -0.528. The lowest BCUT2D eigenvalue weighted by Crippen LogP contribution is -1.79. The van der Waals surface area contributed by atoms with E-state index in [-0.39, 0.29) is 0 Å². The van der Waals surface area contributed by atoms with Crippen LogP contribution in [0.3, 0.4) is 0 Å². The van der Waals surface area contributed by atoms with E-state index < -0.39 is 15.1 Å². The molecule has 0 bridgehead atoms. The third-order valence-electron chi connectivity index (χ3n) is 6.55. The van der Waals surface area contributed by atoms with Gasteiger partial charge in [0.1, 0.15) is 0 Å². The van der Waals surface area contributed by atoms with Crippen molar-refractivity contribution >= 4 is 36.6 Å². The van der Waals surface area contributed by atoms with Crippen LogP contribution in [0.25, 0.3) is 53.9 Å². The molecule has 0 N–H and O–H groups in total. The molecule has 0 aromatic heterocycles. The van der Waals surface area contributed by atoms with Crippen LogP contribution >= 0.6 is 15.1 Å². The molecule has 0 amide bonds. The molecule has 0 spiro atoms. The summed E-state index contributed by atoms with van der Waals surface area (Å²) >= 11 is 0. The molecule has 3 aromatic rings. The average Bonchev–Trinajstić information content (AvgIpc) is 3.42. The highest BCUT2D eigenvalue weighted by molar-refractivity contribution is 7.65. The molecule has 0 fully saturated rings. The van der Waals surface area contributed by atoms with Gasteiger partial charge in [0.05, 0.1) is 0 Å². The van der Waals surface area contributed by atoms with Crippen molar-refractivity contribution in [3.05, 3.63) is 121 Å². The SMILES string of the molecule is c1ccc(-p2cccc3c4ccccc4cc2-3)c(-p2cccc3c4ccccc4cc2-3)c1. The summed E-state index contributed by atoms with van der Waals surface area (Å²) in [4.78, 5) is 0. The van der Waals surface area contributed by atoms with Gasteiger partial charge in [-0.2, -0.15) is 0 Å². The largest absolute Gasteiger partial charge is 0.0843 e. The minimum Gasteiger partial charge on any atom is -0.0843 e. The van der Waals surface area contributed by atoms with Gasteiger partial charge in [-0.15, -0.1) is 0 Å². The second-order valence-corrected chi connectivity index (χ2v) is 12.3. The zero-order chi connectivity index (χ0) is 21.1. The molecule has 2 unspecified atom stereocenters. The summed E-state index contributed by atoms with van der Waals surface area (Å²) in [6.07, 6.45) is 0. The Morgan fingerprint density at radius 3 is 1.34 bits per heavy atom. The zero-order valence-electron chi connectivity index (χ0n) is 17.4. The Hall–Kier alpha value is -3.30. The molecule has 2 aliphatic heterocycles. The minimum absolute atomic E-state index is 0.528. The average molecular weight is 442 g/mol. The van der Waals surface area contributed by atoms with Crippen LogP contribution in [0, 0.1) is 0 Å². The van der Waals surface area contributed by atoms with E-state index in [4.69, 9.17) is 0 Å². The van der Waals surface area contributed by atoms with Gasteiger partial charge in [0.15, 0.2) is 0 Å². The Bertz CT molecular complexity index is 1550. The fraction of sp³-hybridized carbons (Fsp3) is 0. The summed E-state index contributed by atoms with van der Waals surface area (Å²) in [5.41, 5.74) is 2.81. The standard InChI is InChI=1S/C30H20P2/c1-3-11-23-21(9-1)19-29-25(23)13-7-17-31(29)27-15-5-6-16-28(27)32-18-8-14-26-24-12-4-2-10-22(24)20-30(26)32/h1-20H. The van der Waals surface area contributed by atoms with Gasteiger partial charge in [-0.25, -0.2) is 0 Å². The fourth-order valence-corrected chi connectivity index (χ4v) is 10.0. The Morgan fingerprint density at radius 2 is 0.844 bits per heavy atom. The molecule has 0 nitrogen and oxygen atoms in total. The number of hydrogen-bond donors (Lipinski definition) is 0. The van der Waals surface area contributed by atoms with Crippen molar-refractivity contribution in [3.8, 4) is 32.3 Å². The first-order chi connectivity index (χ1) is 15.9. The molecule has 3 aromatic carbocycles. The van der Waals surface area contributed by atoms with E-state index in [0.717, 1.165) is 0 Å². The van der Waals surface area contributed by atoms with Crippen molar-refractivity contribution in [1.82, 2.24) is 0 Å². The Morgan fingerprint density at radius 1 is 0.406 bits per heavy atom. The van der Waals surface area contributed by atoms with Crippen LogP contribution < -0.4 is 0 Å². The van der Waals surface area contributed by atoms with Crippen LogP contribution in [-0.2, 0) is 0 Å². The molecule has 150 valence electrons. The molecule has 7 rings (SSSR count). The Labute approximate surface area is 189 Å². The van der Waals surface area contributed by atoms with Crippen molar-refractivity contribution in [3.63, 3.8) is 0 Å². The van der Waals surface area contributed by atoms with Crippen molar-refractivity contribution in [2.24, 2.45) is 0 Å². The van der Waals surface area contributed by atoms with Crippen LogP contribution in [0.1, 0.15) is 0 Å². The first-order valence-electron chi connectivity index (χ1n) is 11.0. The van der Waals surface area contributed by atoms with Crippen LogP contribution in [0.15, 0.2) is 121 Å². The highest BCUT2D eigenvalue weighted by Gasteiger charge is 2.19. The predicted octanol–water partition coefficient (Wildman–Crippen LogP) is 10.2. The molecular weight excluding hydrogens is 422 g/mol. The smallest absolute Gasteiger partial charge is 0.00994 e. The van der Waals surface area contributed by atoms with Gasteiger partial charge < -0.3 is 0 Å². The normalized spacial score (nSPS) is 12.9. The highest BCUT2D eigenvalue weighted by Crippen LogP contribution is 2.61. The fourth-order valence-electron chi connectivity index (χ4n) is 5.11. The van der Waals surface area contributed by atoms with E-state index in [1.807, 2.05) is 0 Å². The first kappa shape index (κ1) is 18.3. The summed E-state index contributed by atoms with van der Waals surface area (Å²) < 4.78 is 0. The number of rotatable bonds is 2. The maximum atomic E-state index is 2.44. The maximum Gasteiger partial charge on any atom is 0.00994 e. The Kier molecular flexibility index (Phi) is 4.06. The maximum absolute atomic E-state index is 2.44. The van der Waals surface area contributed by atoms with Gasteiger partial charge in [-0.05, 0) is 68.5 Å². The van der Waals surface area contributed by atoms with E-state index in [1.54, 1.807) is 0 Å². The molecular formula is C30H20P2. The lowest BCUT2D eigenvalue weighted by molar-refractivity contribution is 1.78. The van der Waals surface area contributed by atoms with Crippen LogP contribution in [0.5, 0.6) is 0 Å². The van der Waals surface area contributed by atoms with Gasteiger partial charge in [0, 0.05) is 21.2 Å². The molecule has 2 heterocycles. The molecule has 2 atom stereocenters. The molecule has 4 aliphatic rings. The third kappa shape index (κ3) is 2.64. The van der Waals surface area contributed by atoms with Crippen LogP contribution in [-0.4, -0.2) is 0 Å². The second kappa shape index (κ2) is 7.11. The zero-order valence-corrected chi connectivity index (χ0v) is 19.2. The van der Waals surface area contributed by atoms with E-state index >= 15 is 0 Å². The van der Waals surface area contributed by atoms with Gasteiger partial charge in [-0.1, -0.05) is 100.0 Å². The predicted molar refractivity (Wildman–Crippen MR) is 143 cm³/mol. The summed E-state index contributed by atoms with van der Waals surface area (Å²) in [6.45, 7) is 0. The second-order valence-electron chi connectivity index (χ2n) is 8.31. The molecule has 0 radical (unpaired) electrons. The molecule has 2 aliphatic carbocycles. The molecule has 0 saturated heterocycles. The molecule has 0 saturated carbocycles. The van der Waals surface area contributed by atoms with Crippen molar-refractivity contribution < 1.29 is 0 Å². The van der Waals surface area contributed by atoms with E-state index in [2.05, 4.69) is 121 Å². The monoisotopic (exact) mass is 442 g/mol. The van der Waals surface area contributed by atoms with Crippen molar-refractivity contribution in [1.29, 1.82) is 0 Å². The van der Waals surface area contributed by atoms with E-state index in [9.17, 15) is 0 Å². The van der Waals surface area contributed by atoms with Gasteiger partial charge in [0.25, 0.3) is 0 Å². The van der Waals surface area contributed by atoms with E-state index in [1.165, 1.54) is 53.9 Å². The summed E-state index contributed by atoms with van der Waals surface area (Å²) in [5, 5.41) is 11.4. The van der Waals surface area contributed by atoms with Gasteiger partial charge in [-0.3, -0.25) is 0 Å². The highest BCUT2D eigenvalue weighted by atomic mass is 31.1. The van der Waals surface area contributed by atoms with Crippen molar-refractivity contribution in [2.75, 3.05) is 0 Å². The summed E-state index contributed by atoms with van der Waals surface area (Å²) in [7, 11) is -1.06. The number of fused-ring (bicyclic) bond motifs is 6.